The van der Waals surface area contributed by atoms with Crippen molar-refractivity contribution in [3.63, 3.8) is 0 Å². The zero-order chi connectivity index (χ0) is 16.5. The van der Waals surface area contributed by atoms with Crippen LogP contribution in [0.25, 0.3) is 10.9 Å². The van der Waals surface area contributed by atoms with E-state index in [1.165, 1.54) is 6.07 Å². The number of amides is 1. The molecule has 0 saturated carbocycles. The van der Waals surface area contributed by atoms with E-state index in [0.717, 1.165) is 11.8 Å². The first-order chi connectivity index (χ1) is 10.2. The molecule has 2 aromatic rings. The van der Waals surface area contributed by atoms with Gasteiger partial charge in [0.05, 0.1) is 10.9 Å². The Kier molecular flexibility index (Phi) is 4.18. The Hall–Kier alpha value is -2.42. The number of hydrogen-bond acceptors (Lipinski definition) is 5. The van der Waals surface area contributed by atoms with Gasteiger partial charge in [0.15, 0.2) is 9.84 Å². The number of aromatic nitrogens is 2. The highest BCUT2D eigenvalue weighted by atomic mass is 32.2. The van der Waals surface area contributed by atoms with Crippen LogP contribution in [0.4, 0.5) is 0 Å². The molecule has 1 aromatic carbocycles. The molecule has 0 bridgehead atoms. The van der Waals surface area contributed by atoms with Crippen LogP contribution in [0.5, 0.6) is 0 Å². The van der Waals surface area contributed by atoms with Crippen LogP contribution in [0.3, 0.4) is 0 Å². The normalized spacial score (nSPS) is 11.5. The number of sulfone groups is 1. The van der Waals surface area contributed by atoms with Gasteiger partial charge >= 0.3 is 5.69 Å². The summed E-state index contributed by atoms with van der Waals surface area (Å²) in [5.41, 5.74) is 0.358. The lowest BCUT2D eigenvalue weighted by molar-refractivity contribution is -0.109. The third-order valence-corrected chi connectivity index (χ3v) is 3.91. The highest BCUT2D eigenvalue weighted by Gasteiger charge is 2.13. The van der Waals surface area contributed by atoms with Crippen LogP contribution in [0.2, 0.25) is 0 Å². The molecule has 0 radical (unpaired) electrons. The van der Waals surface area contributed by atoms with Gasteiger partial charge in [0, 0.05) is 12.8 Å². The van der Waals surface area contributed by atoms with Gasteiger partial charge in [-0.25, -0.2) is 17.8 Å². The Labute approximate surface area is 125 Å². The van der Waals surface area contributed by atoms with Crippen molar-refractivity contribution in [2.45, 2.75) is 19.3 Å². The van der Waals surface area contributed by atoms with E-state index in [9.17, 15) is 22.8 Å². The first kappa shape index (κ1) is 16.0. The third-order valence-electron chi connectivity index (χ3n) is 3.18. The Morgan fingerprint density at radius 3 is 2.59 bits per heavy atom. The number of benzene rings is 1. The molecule has 0 aliphatic carbocycles. The van der Waals surface area contributed by atoms with Crippen molar-refractivity contribution in [2.75, 3.05) is 6.26 Å². The van der Waals surface area contributed by atoms with E-state index in [4.69, 9.17) is 0 Å². The fraction of sp³-hybridized carbons (Fsp3) is 0.308. The van der Waals surface area contributed by atoms with E-state index < -0.39 is 27.0 Å². The Morgan fingerprint density at radius 2 is 2.00 bits per heavy atom. The molecule has 0 fully saturated rings. The molecule has 0 atom stereocenters. The van der Waals surface area contributed by atoms with Crippen LogP contribution in [-0.4, -0.2) is 30.6 Å². The van der Waals surface area contributed by atoms with Gasteiger partial charge in [0.2, 0.25) is 6.41 Å². The number of aryl methyl sites for hydroxylation is 1. The van der Waals surface area contributed by atoms with Gasteiger partial charge in [0.1, 0.15) is 5.88 Å². The minimum Gasteiger partial charge on any atom is -0.355 e. The Balaban J connectivity index is 2.72. The number of rotatable bonds is 5. The average molecular weight is 325 g/mol. The van der Waals surface area contributed by atoms with Crippen molar-refractivity contribution in [3.8, 4) is 0 Å². The van der Waals surface area contributed by atoms with Crippen molar-refractivity contribution < 1.29 is 13.2 Å². The first-order valence-electron chi connectivity index (χ1n) is 6.34. The molecule has 0 aliphatic heterocycles. The summed E-state index contributed by atoms with van der Waals surface area (Å²) >= 11 is 0. The summed E-state index contributed by atoms with van der Waals surface area (Å²) < 4.78 is 23.3. The monoisotopic (exact) mass is 325 g/mol. The second-order valence-corrected chi connectivity index (χ2v) is 7.15. The smallest absolute Gasteiger partial charge is 0.329 e. The first-order valence-corrected chi connectivity index (χ1v) is 8.40. The van der Waals surface area contributed by atoms with Crippen LogP contribution < -0.4 is 16.6 Å². The largest absolute Gasteiger partial charge is 0.355 e. The van der Waals surface area contributed by atoms with E-state index >= 15 is 0 Å². The van der Waals surface area contributed by atoms with E-state index in [1.54, 1.807) is 13.0 Å². The summed E-state index contributed by atoms with van der Waals surface area (Å²) in [5.74, 6) is -0.688. The van der Waals surface area contributed by atoms with E-state index in [0.29, 0.717) is 22.1 Å². The van der Waals surface area contributed by atoms with Crippen molar-refractivity contribution in [2.24, 2.45) is 0 Å². The molecule has 2 N–H and O–H groups in total. The van der Waals surface area contributed by atoms with Crippen LogP contribution in [0.1, 0.15) is 11.1 Å². The molecule has 8 nitrogen and oxygen atoms in total. The van der Waals surface area contributed by atoms with Crippen molar-refractivity contribution in [3.05, 3.63) is 44.1 Å². The lowest BCUT2D eigenvalue weighted by Gasteiger charge is -2.09. The number of carbonyl (C=O) groups excluding carboxylic acids is 1. The summed E-state index contributed by atoms with van der Waals surface area (Å²) in [6.45, 7) is 2.01. The minimum atomic E-state index is -3.54. The van der Waals surface area contributed by atoms with Gasteiger partial charge in [-0.15, -0.1) is 0 Å². The van der Waals surface area contributed by atoms with E-state index in [2.05, 4.69) is 10.3 Å². The number of nitrogens with one attached hydrogen (secondary N) is 2. The molecule has 1 amide bonds. The molecule has 118 valence electrons. The number of hydrogen-bond donors (Lipinski definition) is 2. The topological polar surface area (TPSA) is 118 Å². The third kappa shape index (κ3) is 3.25. The molecule has 0 saturated heterocycles. The van der Waals surface area contributed by atoms with Crippen molar-refractivity contribution >= 4 is 27.2 Å². The van der Waals surface area contributed by atoms with E-state index in [-0.39, 0.29) is 11.9 Å². The predicted octanol–water partition coefficient (Wildman–Crippen LogP) is -0.754. The number of nitrogens with zero attached hydrogens (tertiary/aromatic N) is 1. The van der Waals surface area contributed by atoms with Crippen LogP contribution in [0.15, 0.2) is 21.7 Å². The highest BCUT2D eigenvalue weighted by Crippen LogP contribution is 2.14. The van der Waals surface area contributed by atoms with Gasteiger partial charge in [0.25, 0.3) is 5.56 Å². The Morgan fingerprint density at radius 1 is 1.32 bits per heavy atom. The lowest BCUT2D eigenvalue weighted by Crippen LogP contribution is -2.37. The van der Waals surface area contributed by atoms with Gasteiger partial charge < -0.3 is 10.3 Å². The van der Waals surface area contributed by atoms with Crippen LogP contribution >= 0.6 is 0 Å². The van der Waals surface area contributed by atoms with Crippen LogP contribution in [0, 0.1) is 6.92 Å². The summed E-state index contributed by atoms with van der Waals surface area (Å²) in [7, 11) is -3.54. The molecule has 22 heavy (non-hydrogen) atoms. The maximum Gasteiger partial charge on any atom is 0.329 e. The molecule has 0 spiro atoms. The predicted molar refractivity (Wildman–Crippen MR) is 81.3 cm³/mol. The SMILES string of the molecule is Cc1cc2[nH]c(=O)n(CS(C)(=O)=O)c(=O)c2cc1CNC=O. The van der Waals surface area contributed by atoms with Gasteiger partial charge in [-0.3, -0.25) is 9.59 Å². The fourth-order valence-electron chi connectivity index (χ4n) is 2.15. The summed E-state index contributed by atoms with van der Waals surface area (Å²) in [6, 6.07) is 3.16. The number of carbonyl (C=O) groups is 1. The summed E-state index contributed by atoms with van der Waals surface area (Å²) in [4.78, 5) is 37.1. The molecule has 0 aliphatic rings. The number of aromatic amines is 1. The number of fused-ring (bicyclic) bond motifs is 1. The second kappa shape index (κ2) is 5.76. The zero-order valence-corrected chi connectivity index (χ0v) is 12.9. The Bertz CT molecular complexity index is 956. The van der Waals surface area contributed by atoms with Gasteiger partial charge in [-0.1, -0.05) is 0 Å². The molecule has 2 rings (SSSR count). The summed E-state index contributed by atoms with van der Waals surface area (Å²) in [5, 5.41) is 2.69. The maximum absolute atomic E-state index is 12.4. The molecule has 0 unspecified atom stereocenters. The second-order valence-electron chi connectivity index (χ2n) is 5.04. The van der Waals surface area contributed by atoms with Crippen molar-refractivity contribution in [1.82, 2.24) is 14.9 Å². The van der Waals surface area contributed by atoms with Gasteiger partial charge in [-0.05, 0) is 30.2 Å². The van der Waals surface area contributed by atoms with Crippen LogP contribution in [-0.2, 0) is 27.1 Å². The molecule has 1 aromatic heterocycles. The maximum atomic E-state index is 12.4. The number of H-pyrrole nitrogens is 1. The highest BCUT2D eigenvalue weighted by molar-refractivity contribution is 7.89. The molecule has 1 heterocycles. The lowest BCUT2D eigenvalue weighted by atomic mass is 10.1. The van der Waals surface area contributed by atoms with Crippen molar-refractivity contribution in [1.29, 1.82) is 0 Å². The molecular formula is C13H15N3O5S. The standard InChI is InChI=1S/C13H15N3O5S/c1-8-3-11-10(4-9(8)5-14-6-17)12(18)16(13(19)15-11)7-22(2,20)21/h3-4,6H,5,7H2,1-2H3,(H,14,17)(H,15,19). The quantitative estimate of drug-likeness (QED) is 0.701. The summed E-state index contributed by atoms with van der Waals surface area (Å²) in [6.07, 6.45) is 1.48. The zero-order valence-electron chi connectivity index (χ0n) is 12.0. The van der Waals surface area contributed by atoms with Gasteiger partial charge in [-0.2, -0.15) is 0 Å². The minimum absolute atomic E-state index is 0.191. The van der Waals surface area contributed by atoms with E-state index in [1.807, 2.05) is 0 Å². The fourth-order valence-corrected chi connectivity index (χ4v) is 2.85. The molecule has 9 heteroatoms. The average Bonchev–Trinajstić information content (AvgIpc) is 2.41. The molecular weight excluding hydrogens is 310 g/mol.